The lowest BCUT2D eigenvalue weighted by molar-refractivity contribution is 0.280. The van der Waals surface area contributed by atoms with Gasteiger partial charge in [-0.2, -0.15) is 4.39 Å². The maximum atomic E-state index is 12.7. The Morgan fingerprint density at radius 1 is 1.46 bits per heavy atom. The fourth-order valence-corrected chi connectivity index (χ4v) is 1.44. The van der Waals surface area contributed by atoms with Crippen LogP contribution in [0.2, 0.25) is 5.02 Å². The maximum Gasteiger partial charge on any atom is 0.278 e. The van der Waals surface area contributed by atoms with E-state index in [1.54, 1.807) is 12.1 Å². The molecule has 1 heterocycles. The maximum absolute atomic E-state index is 12.7. The molecule has 0 radical (unpaired) electrons. The molecule has 0 saturated heterocycles. The fraction of sp³-hybridized carbons (Fsp3) is 0.111. The van der Waals surface area contributed by atoms with Crippen LogP contribution in [0.1, 0.15) is 5.56 Å². The van der Waals surface area contributed by atoms with Gasteiger partial charge in [-0.25, -0.2) is 0 Å². The lowest BCUT2D eigenvalue weighted by Gasteiger charge is -1.97. The summed E-state index contributed by atoms with van der Waals surface area (Å²) in [5.41, 5.74) is 0.843. The van der Waals surface area contributed by atoms with Crippen LogP contribution in [0.25, 0.3) is 11.0 Å². The number of benzene rings is 1. The first kappa shape index (κ1) is 8.53. The molecule has 0 amide bonds. The summed E-state index contributed by atoms with van der Waals surface area (Å²) in [5.74, 6) is 0. The third kappa shape index (κ3) is 1.30. The molecule has 0 aliphatic heterocycles. The van der Waals surface area contributed by atoms with Gasteiger partial charge in [-0.05, 0) is 6.07 Å². The highest BCUT2D eigenvalue weighted by atomic mass is 35.5. The van der Waals surface area contributed by atoms with E-state index in [1.807, 2.05) is 0 Å². The van der Waals surface area contributed by atoms with Gasteiger partial charge in [-0.1, -0.05) is 17.7 Å². The number of hydrogen-bond acceptors (Lipinski definition) is 2. The van der Waals surface area contributed by atoms with E-state index in [2.05, 4.69) is 0 Å². The quantitative estimate of drug-likeness (QED) is 0.768. The average molecular weight is 201 g/mol. The van der Waals surface area contributed by atoms with Crippen molar-refractivity contribution in [2.24, 2.45) is 0 Å². The highest BCUT2D eigenvalue weighted by Gasteiger charge is 2.10. The van der Waals surface area contributed by atoms with E-state index < -0.39 is 6.01 Å². The van der Waals surface area contributed by atoms with Gasteiger partial charge in [-0.3, -0.25) is 0 Å². The Kier molecular flexibility index (Phi) is 1.98. The van der Waals surface area contributed by atoms with Crippen molar-refractivity contribution in [2.75, 3.05) is 0 Å². The average Bonchev–Trinajstić information content (AvgIpc) is 2.48. The summed E-state index contributed by atoms with van der Waals surface area (Å²) in [6.45, 7) is -0.194. The Hall–Kier alpha value is -1.06. The van der Waals surface area contributed by atoms with Gasteiger partial charge in [0.05, 0.1) is 11.6 Å². The topological polar surface area (TPSA) is 33.4 Å². The number of furan rings is 1. The van der Waals surface area contributed by atoms with E-state index in [0.717, 1.165) is 0 Å². The third-order valence-corrected chi connectivity index (χ3v) is 2.18. The molecule has 1 aromatic heterocycles. The van der Waals surface area contributed by atoms with Crippen molar-refractivity contribution in [3.05, 3.63) is 34.8 Å². The molecule has 0 atom stereocenters. The summed E-state index contributed by atoms with van der Waals surface area (Å²) < 4.78 is 17.5. The molecular weight excluding hydrogens is 195 g/mol. The standard InChI is InChI=1S/C9H6ClFO2/c10-7-2-1-5(4-12)9-6(7)3-8(11)13-9/h1-3,12H,4H2. The summed E-state index contributed by atoms with van der Waals surface area (Å²) in [6.07, 6.45) is 0. The SMILES string of the molecule is OCc1ccc(Cl)c2cc(F)oc12. The van der Waals surface area contributed by atoms with Crippen LogP contribution in [0, 0.1) is 6.01 Å². The molecule has 68 valence electrons. The van der Waals surface area contributed by atoms with Crippen LogP contribution in [-0.4, -0.2) is 5.11 Å². The summed E-state index contributed by atoms with van der Waals surface area (Å²) in [6, 6.07) is 3.72. The van der Waals surface area contributed by atoms with E-state index in [4.69, 9.17) is 21.1 Å². The molecule has 2 rings (SSSR count). The van der Waals surface area contributed by atoms with Gasteiger partial charge in [-0.15, -0.1) is 0 Å². The van der Waals surface area contributed by atoms with E-state index in [-0.39, 0.29) is 6.61 Å². The third-order valence-electron chi connectivity index (χ3n) is 1.85. The molecule has 2 aromatic rings. The predicted octanol–water partition coefficient (Wildman–Crippen LogP) is 2.72. The lowest BCUT2D eigenvalue weighted by Crippen LogP contribution is -1.82. The molecule has 0 aliphatic carbocycles. The molecule has 1 aromatic carbocycles. The highest BCUT2D eigenvalue weighted by Crippen LogP contribution is 2.29. The first-order chi connectivity index (χ1) is 6.22. The van der Waals surface area contributed by atoms with Crippen LogP contribution >= 0.6 is 11.6 Å². The van der Waals surface area contributed by atoms with Gasteiger partial charge < -0.3 is 9.52 Å². The van der Waals surface area contributed by atoms with Crippen molar-refractivity contribution in [1.82, 2.24) is 0 Å². The summed E-state index contributed by atoms with van der Waals surface area (Å²) >= 11 is 5.79. The number of fused-ring (bicyclic) bond motifs is 1. The van der Waals surface area contributed by atoms with Crippen molar-refractivity contribution in [1.29, 1.82) is 0 Å². The second-order valence-electron chi connectivity index (χ2n) is 2.66. The number of aliphatic hydroxyl groups excluding tert-OH is 1. The molecule has 0 aliphatic rings. The van der Waals surface area contributed by atoms with Gasteiger partial charge in [0.15, 0.2) is 0 Å². The molecule has 2 nitrogen and oxygen atoms in total. The molecular formula is C9H6ClFO2. The van der Waals surface area contributed by atoms with Crippen molar-refractivity contribution in [3.63, 3.8) is 0 Å². The summed E-state index contributed by atoms with van der Waals surface area (Å²) in [4.78, 5) is 0. The Morgan fingerprint density at radius 2 is 2.23 bits per heavy atom. The zero-order valence-electron chi connectivity index (χ0n) is 6.55. The van der Waals surface area contributed by atoms with E-state index in [1.165, 1.54) is 6.07 Å². The molecule has 0 unspecified atom stereocenters. The minimum absolute atomic E-state index is 0.194. The largest absolute Gasteiger partial charge is 0.431 e. The number of halogens is 2. The number of rotatable bonds is 1. The van der Waals surface area contributed by atoms with Crippen LogP contribution in [0.5, 0.6) is 0 Å². The Balaban J connectivity index is 2.83. The number of aliphatic hydroxyl groups is 1. The minimum Gasteiger partial charge on any atom is -0.431 e. The highest BCUT2D eigenvalue weighted by molar-refractivity contribution is 6.35. The van der Waals surface area contributed by atoms with Crippen molar-refractivity contribution in [2.45, 2.75) is 6.61 Å². The predicted molar refractivity (Wildman–Crippen MR) is 47.1 cm³/mol. The van der Waals surface area contributed by atoms with Gasteiger partial charge in [0.2, 0.25) is 0 Å². The van der Waals surface area contributed by atoms with Crippen LogP contribution < -0.4 is 0 Å². The lowest BCUT2D eigenvalue weighted by atomic mass is 10.2. The van der Waals surface area contributed by atoms with Crippen molar-refractivity contribution < 1.29 is 13.9 Å². The smallest absolute Gasteiger partial charge is 0.278 e. The molecule has 13 heavy (non-hydrogen) atoms. The van der Waals surface area contributed by atoms with Gasteiger partial charge in [0.25, 0.3) is 6.01 Å². The van der Waals surface area contributed by atoms with Crippen LogP contribution in [0.3, 0.4) is 0 Å². The summed E-state index contributed by atoms with van der Waals surface area (Å²) in [5, 5.41) is 9.82. The Labute approximate surface area is 78.5 Å². The Bertz CT molecular complexity index is 450. The van der Waals surface area contributed by atoms with Gasteiger partial charge in [0.1, 0.15) is 5.58 Å². The van der Waals surface area contributed by atoms with Crippen LogP contribution in [-0.2, 0) is 6.61 Å². The first-order valence-electron chi connectivity index (χ1n) is 3.69. The second-order valence-corrected chi connectivity index (χ2v) is 3.07. The van der Waals surface area contributed by atoms with E-state index in [0.29, 0.717) is 21.6 Å². The normalized spacial score (nSPS) is 11.0. The molecule has 0 fully saturated rings. The van der Waals surface area contributed by atoms with Crippen molar-refractivity contribution >= 4 is 22.6 Å². The number of hydrogen-bond donors (Lipinski definition) is 1. The van der Waals surface area contributed by atoms with E-state index in [9.17, 15) is 4.39 Å². The molecule has 0 spiro atoms. The minimum atomic E-state index is -0.696. The second kappa shape index (κ2) is 3.01. The molecule has 0 bridgehead atoms. The Morgan fingerprint density at radius 3 is 2.92 bits per heavy atom. The van der Waals surface area contributed by atoms with Crippen LogP contribution in [0.15, 0.2) is 22.6 Å². The van der Waals surface area contributed by atoms with Gasteiger partial charge in [0, 0.05) is 17.0 Å². The van der Waals surface area contributed by atoms with E-state index >= 15 is 0 Å². The zero-order chi connectivity index (χ0) is 9.42. The fourth-order valence-electron chi connectivity index (χ4n) is 1.24. The molecule has 1 N–H and O–H groups in total. The van der Waals surface area contributed by atoms with Crippen LogP contribution in [0.4, 0.5) is 4.39 Å². The monoisotopic (exact) mass is 200 g/mol. The van der Waals surface area contributed by atoms with Crippen molar-refractivity contribution in [3.8, 4) is 0 Å². The molecule has 0 saturated carbocycles. The zero-order valence-corrected chi connectivity index (χ0v) is 7.31. The molecule has 4 heteroatoms. The first-order valence-corrected chi connectivity index (χ1v) is 4.07. The summed E-state index contributed by atoms with van der Waals surface area (Å²) in [7, 11) is 0. The van der Waals surface area contributed by atoms with Gasteiger partial charge >= 0.3 is 0 Å².